The molecule has 8 nitrogen and oxygen atoms in total. The molecule has 10 heteroatoms. The van der Waals surface area contributed by atoms with Crippen LogP contribution in [0.5, 0.6) is 0 Å². The molecule has 0 aliphatic carbocycles. The molecule has 3 aromatic heterocycles. The van der Waals surface area contributed by atoms with Crippen LogP contribution in [0.15, 0.2) is 27.4 Å². The lowest BCUT2D eigenvalue weighted by Crippen LogP contribution is -2.51. The molecule has 2 N–H and O–H groups in total. The SMILES string of the molecule is COC(=O)N[C@H](C(=O)N1CCC[C@H]1c1nc(-c2cc3oc(Br)cc3s2)c[nH]1)C(C)C. The number of aromatic nitrogens is 2. The van der Waals surface area contributed by atoms with Crippen molar-refractivity contribution in [1.29, 1.82) is 0 Å². The molecule has 4 rings (SSSR count). The zero-order valence-corrected chi connectivity index (χ0v) is 19.3. The summed E-state index contributed by atoms with van der Waals surface area (Å²) < 4.78 is 12.0. The average Bonchev–Trinajstić information content (AvgIpc) is 3.46. The summed E-state index contributed by atoms with van der Waals surface area (Å²) in [5.74, 6) is 0.572. The van der Waals surface area contributed by atoms with Crippen molar-refractivity contribution in [2.24, 2.45) is 5.92 Å². The Morgan fingerprint density at radius 1 is 1.43 bits per heavy atom. The number of ether oxygens (including phenoxy) is 1. The Kier molecular flexibility index (Phi) is 5.88. The summed E-state index contributed by atoms with van der Waals surface area (Å²) in [6.07, 6.45) is 2.96. The number of alkyl carbamates (subject to hydrolysis) is 1. The van der Waals surface area contributed by atoms with Crippen LogP contribution < -0.4 is 5.32 Å². The molecule has 30 heavy (non-hydrogen) atoms. The number of likely N-dealkylation sites (tertiary alicyclic amines) is 1. The monoisotopic (exact) mass is 494 g/mol. The van der Waals surface area contributed by atoms with Crippen molar-refractivity contribution in [2.45, 2.75) is 38.8 Å². The Morgan fingerprint density at radius 3 is 2.93 bits per heavy atom. The number of fused-ring (bicyclic) bond motifs is 1. The van der Waals surface area contributed by atoms with Gasteiger partial charge in [0.15, 0.2) is 4.67 Å². The molecule has 0 saturated carbocycles. The van der Waals surface area contributed by atoms with Crippen molar-refractivity contribution >= 4 is 49.6 Å². The maximum atomic E-state index is 13.2. The van der Waals surface area contributed by atoms with E-state index >= 15 is 0 Å². The highest BCUT2D eigenvalue weighted by atomic mass is 79.9. The van der Waals surface area contributed by atoms with Crippen LogP contribution in [-0.4, -0.2) is 46.6 Å². The van der Waals surface area contributed by atoms with Gasteiger partial charge in [0.2, 0.25) is 5.91 Å². The smallest absolute Gasteiger partial charge is 0.407 e. The second-order valence-corrected chi connectivity index (χ2v) is 9.47. The highest BCUT2D eigenvalue weighted by Crippen LogP contribution is 2.37. The predicted octanol–water partition coefficient (Wildman–Crippen LogP) is 4.69. The Bertz CT molecular complexity index is 1040. The van der Waals surface area contributed by atoms with Crippen LogP contribution in [0.1, 0.15) is 38.6 Å². The first-order chi connectivity index (χ1) is 14.4. The summed E-state index contributed by atoms with van der Waals surface area (Å²) in [6.45, 7) is 4.43. The minimum atomic E-state index is -0.643. The molecule has 1 fully saturated rings. The topological polar surface area (TPSA) is 100 Å². The van der Waals surface area contributed by atoms with E-state index < -0.39 is 12.1 Å². The van der Waals surface area contributed by atoms with E-state index in [1.54, 1.807) is 16.2 Å². The number of nitrogens with zero attached hydrogens (tertiary/aromatic N) is 2. The van der Waals surface area contributed by atoms with E-state index in [4.69, 9.17) is 9.40 Å². The number of hydrogen-bond donors (Lipinski definition) is 2. The third kappa shape index (κ3) is 3.98. The van der Waals surface area contributed by atoms with Crippen LogP contribution in [0, 0.1) is 5.92 Å². The normalized spacial score (nSPS) is 17.6. The van der Waals surface area contributed by atoms with Gasteiger partial charge in [0.1, 0.15) is 17.4 Å². The number of carbonyl (C=O) groups is 2. The lowest BCUT2D eigenvalue weighted by atomic mass is 10.0. The van der Waals surface area contributed by atoms with Gasteiger partial charge in [-0.05, 0) is 34.7 Å². The van der Waals surface area contributed by atoms with Gasteiger partial charge in [-0.1, -0.05) is 13.8 Å². The number of amides is 2. The molecular formula is C20H23BrN4O4S. The Morgan fingerprint density at radius 2 is 2.23 bits per heavy atom. The molecule has 2 atom stereocenters. The van der Waals surface area contributed by atoms with E-state index in [1.807, 2.05) is 32.2 Å². The molecule has 0 radical (unpaired) electrons. The summed E-state index contributed by atoms with van der Waals surface area (Å²) >= 11 is 4.95. The van der Waals surface area contributed by atoms with Crippen LogP contribution in [-0.2, 0) is 9.53 Å². The first-order valence-corrected chi connectivity index (χ1v) is 11.4. The number of carbonyl (C=O) groups excluding carboxylic acids is 2. The number of thiophene rings is 1. The van der Waals surface area contributed by atoms with E-state index in [2.05, 4.69) is 31.0 Å². The zero-order chi connectivity index (χ0) is 21.4. The molecule has 1 aliphatic heterocycles. The Hall–Kier alpha value is -2.33. The van der Waals surface area contributed by atoms with Gasteiger partial charge in [-0.2, -0.15) is 0 Å². The number of methoxy groups -OCH3 is 1. The predicted molar refractivity (Wildman–Crippen MR) is 117 cm³/mol. The van der Waals surface area contributed by atoms with Crippen molar-refractivity contribution in [2.75, 3.05) is 13.7 Å². The molecule has 1 aliphatic rings. The average molecular weight is 495 g/mol. The number of imidazole rings is 1. The highest BCUT2D eigenvalue weighted by molar-refractivity contribution is 9.10. The first-order valence-electron chi connectivity index (χ1n) is 9.77. The number of furan rings is 1. The van der Waals surface area contributed by atoms with Gasteiger partial charge in [0.05, 0.1) is 28.4 Å². The lowest BCUT2D eigenvalue weighted by molar-refractivity contribution is -0.135. The van der Waals surface area contributed by atoms with E-state index in [0.717, 1.165) is 39.5 Å². The van der Waals surface area contributed by atoms with Crippen LogP contribution in [0.25, 0.3) is 20.9 Å². The fraction of sp³-hybridized carbons (Fsp3) is 0.450. The summed E-state index contributed by atoms with van der Waals surface area (Å²) in [7, 11) is 1.29. The molecule has 4 heterocycles. The molecule has 0 spiro atoms. The molecule has 0 unspecified atom stereocenters. The number of H-pyrrole nitrogens is 1. The van der Waals surface area contributed by atoms with Crippen LogP contribution in [0.2, 0.25) is 0 Å². The van der Waals surface area contributed by atoms with E-state index in [-0.39, 0.29) is 17.9 Å². The van der Waals surface area contributed by atoms with Crippen molar-refractivity contribution in [3.8, 4) is 10.6 Å². The summed E-state index contributed by atoms with van der Waals surface area (Å²) in [6, 6.07) is 3.12. The third-order valence-electron chi connectivity index (χ3n) is 5.27. The fourth-order valence-electron chi connectivity index (χ4n) is 3.76. The minimum Gasteiger partial charge on any atom is -0.453 e. The Balaban J connectivity index is 1.55. The van der Waals surface area contributed by atoms with Crippen LogP contribution >= 0.6 is 27.3 Å². The van der Waals surface area contributed by atoms with Gasteiger partial charge in [-0.3, -0.25) is 4.79 Å². The highest BCUT2D eigenvalue weighted by Gasteiger charge is 2.37. The number of halogens is 1. The second-order valence-electron chi connectivity index (χ2n) is 7.61. The molecular weight excluding hydrogens is 472 g/mol. The quantitative estimate of drug-likeness (QED) is 0.535. The molecule has 0 aromatic carbocycles. The first kappa shape index (κ1) is 20.9. The summed E-state index contributed by atoms with van der Waals surface area (Å²) in [4.78, 5) is 35.7. The zero-order valence-electron chi connectivity index (χ0n) is 16.9. The van der Waals surface area contributed by atoms with Crippen molar-refractivity contribution in [3.05, 3.63) is 28.8 Å². The van der Waals surface area contributed by atoms with Gasteiger partial charge in [-0.25, -0.2) is 9.78 Å². The molecule has 0 bridgehead atoms. The van der Waals surface area contributed by atoms with E-state index in [0.29, 0.717) is 11.2 Å². The van der Waals surface area contributed by atoms with E-state index in [9.17, 15) is 9.59 Å². The van der Waals surface area contributed by atoms with Crippen molar-refractivity contribution in [1.82, 2.24) is 20.2 Å². The van der Waals surface area contributed by atoms with Crippen LogP contribution in [0.3, 0.4) is 0 Å². The minimum absolute atomic E-state index is 0.0640. The summed E-state index contributed by atoms with van der Waals surface area (Å²) in [5, 5.41) is 2.67. The largest absolute Gasteiger partial charge is 0.453 e. The fourth-order valence-corrected chi connectivity index (χ4v) is 5.29. The number of hydrogen-bond acceptors (Lipinski definition) is 6. The number of nitrogens with one attached hydrogen (secondary N) is 2. The Labute approximate surface area is 186 Å². The number of rotatable bonds is 5. The molecule has 1 saturated heterocycles. The lowest BCUT2D eigenvalue weighted by Gasteiger charge is -2.29. The maximum absolute atomic E-state index is 13.2. The van der Waals surface area contributed by atoms with Crippen LogP contribution in [0.4, 0.5) is 4.79 Å². The van der Waals surface area contributed by atoms with Gasteiger partial charge < -0.3 is 24.4 Å². The van der Waals surface area contributed by atoms with Gasteiger partial charge in [-0.15, -0.1) is 11.3 Å². The van der Waals surface area contributed by atoms with Crippen molar-refractivity contribution in [3.63, 3.8) is 0 Å². The van der Waals surface area contributed by atoms with Gasteiger partial charge in [0.25, 0.3) is 0 Å². The molecule has 160 valence electrons. The standard InChI is InChI=1S/C20H23BrN4O4S/c1-10(2)17(24-20(27)28-3)19(26)25-6-4-5-12(25)18-22-9-11(23-18)14-7-13-15(30-14)8-16(21)29-13/h7-10,12,17H,4-6H2,1-3H3,(H,22,23)(H,24,27)/t12-,17-/m0/s1. The second kappa shape index (κ2) is 8.43. The molecule has 3 aromatic rings. The third-order valence-corrected chi connectivity index (χ3v) is 6.75. The van der Waals surface area contributed by atoms with Gasteiger partial charge in [0, 0.05) is 24.9 Å². The maximum Gasteiger partial charge on any atom is 0.407 e. The van der Waals surface area contributed by atoms with Gasteiger partial charge >= 0.3 is 6.09 Å². The van der Waals surface area contributed by atoms with Crippen molar-refractivity contribution < 1.29 is 18.7 Å². The molecule has 2 amide bonds. The van der Waals surface area contributed by atoms with E-state index in [1.165, 1.54) is 7.11 Å². The summed E-state index contributed by atoms with van der Waals surface area (Å²) in [5.41, 5.74) is 1.64. The number of aromatic amines is 1.